The summed E-state index contributed by atoms with van der Waals surface area (Å²) in [6.07, 6.45) is 10.5. The number of sulfonamides is 1. The van der Waals surface area contributed by atoms with E-state index >= 15 is 0 Å². The molecule has 0 radical (unpaired) electrons. The number of aromatic nitrogens is 2. The van der Waals surface area contributed by atoms with Gasteiger partial charge in [-0.1, -0.05) is 61.1 Å². The summed E-state index contributed by atoms with van der Waals surface area (Å²) in [6.45, 7) is 10.0. The number of benzene rings is 4. The highest BCUT2D eigenvalue weighted by molar-refractivity contribution is 7.90. The number of nitro benzene ring substituents is 1. The number of carbonyl (C=O) groups excluding carboxylic acids is 5. The number of imide groups is 1. The molecule has 87 heavy (non-hydrogen) atoms. The molecule has 3 fully saturated rings. The van der Waals surface area contributed by atoms with Crippen LogP contribution < -0.4 is 25.0 Å². The number of pyridine rings is 1. The number of nitrogens with zero attached hydrogens (tertiary/aromatic N) is 6. The third kappa shape index (κ3) is 14.0. The number of nitrogens with one attached hydrogen (secondary N) is 4. The zero-order valence-electron chi connectivity index (χ0n) is 48.7. The molecule has 6 aromatic rings. The smallest absolute Gasteiger partial charge is 0.293 e. The van der Waals surface area contributed by atoms with Crippen LogP contribution in [-0.4, -0.2) is 126 Å². The first-order valence-electron chi connectivity index (χ1n) is 29.7. The van der Waals surface area contributed by atoms with E-state index in [1.807, 2.05) is 29.2 Å². The zero-order valence-corrected chi connectivity index (χ0v) is 50.2. The van der Waals surface area contributed by atoms with Crippen molar-refractivity contribution in [1.82, 2.24) is 34.7 Å². The lowest BCUT2D eigenvalue weighted by Gasteiger charge is -2.39. The maximum absolute atomic E-state index is 14.2. The van der Waals surface area contributed by atoms with Crippen LogP contribution in [0.2, 0.25) is 5.02 Å². The second kappa shape index (κ2) is 25.8. The van der Waals surface area contributed by atoms with Gasteiger partial charge in [-0.25, -0.2) is 18.1 Å². The van der Waals surface area contributed by atoms with E-state index in [9.17, 15) is 42.5 Å². The average molecular weight is 1220 g/mol. The number of H-pyrrole nitrogens is 1. The van der Waals surface area contributed by atoms with Crippen LogP contribution in [0.25, 0.3) is 16.6 Å². The van der Waals surface area contributed by atoms with Crippen molar-refractivity contribution in [2.45, 2.75) is 102 Å². The number of piperidine rings is 2. The molecule has 4 N–H and O–H groups in total. The molecule has 452 valence electrons. The molecule has 2 aromatic heterocycles. The fourth-order valence-electron chi connectivity index (χ4n) is 12.4. The zero-order chi connectivity index (χ0) is 61.0. The number of hydrogen-bond donors (Lipinski definition) is 4. The van der Waals surface area contributed by atoms with Crippen molar-refractivity contribution >= 4 is 84.8 Å². The number of unbranched alkanes of at least 4 members (excludes halogenated alkanes) is 2. The van der Waals surface area contributed by atoms with Gasteiger partial charge in [0.25, 0.3) is 27.5 Å². The summed E-state index contributed by atoms with van der Waals surface area (Å²) in [5.41, 5.74) is 7.12. The van der Waals surface area contributed by atoms with Crippen LogP contribution in [0.4, 0.5) is 17.1 Å². The highest BCUT2D eigenvalue weighted by atomic mass is 35.5. The molecule has 0 saturated carbocycles. The van der Waals surface area contributed by atoms with Crippen LogP contribution in [0.5, 0.6) is 11.5 Å². The van der Waals surface area contributed by atoms with Gasteiger partial charge in [0, 0.05) is 124 Å². The van der Waals surface area contributed by atoms with Crippen LogP contribution in [-0.2, 0) is 31.0 Å². The first-order chi connectivity index (χ1) is 41.8. The Labute approximate surface area is 510 Å². The molecule has 3 saturated heterocycles. The van der Waals surface area contributed by atoms with E-state index in [1.165, 1.54) is 46.0 Å². The highest BCUT2D eigenvalue weighted by Crippen LogP contribution is 2.44. The van der Waals surface area contributed by atoms with Crippen LogP contribution in [0, 0.1) is 33.3 Å². The molecule has 4 aromatic carbocycles. The van der Waals surface area contributed by atoms with Crippen molar-refractivity contribution in [3.8, 4) is 23.3 Å². The van der Waals surface area contributed by atoms with Crippen LogP contribution in [0.3, 0.4) is 0 Å². The van der Waals surface area contributed by atoms with Gasteiger partial charge in [0.15, 0.2) is 0 Å². The number of aromatic amines is 1. The summed E-state index contributed by atoms with van der Waals surface area (Å²) < 4.78 is 36.5. The summed E-state index contributed by atoms with van der Waals surface area (Å²) in [7, 11) is -4.67. The Morgan fingerprint density at radius 3 is 2.55 bits per heavy atom. The number of ether oxygens (including phenoxy) is 1. The van der Waals surface area contributed by atoms with E-state index in [-0.39, 0.29) is 72.0 Å². The number of amides is 5. The number of fused-ring (bicyclic) bond motifs is 2. The number of halogens is 1. The molecule has 2 atom stereocenters. The fourth-order valence-corrected chi connectivity index (χ4v) is 13.5. The van der Waals surface area contributed by atoms with Gasteiger partial charge in [0.1, 0.15) is 28.9 Å². The number of carbonyl (C=O) groups is 5. The van der Waals surface area contributed by atoms with Gasteiger partial charge in [0.2, 0.25) is 17.7 Å². The summed E-state index contributed by atoms with van der Waals surface area (Å²) in [4.78, 5) is 91.9. The number of hydrogen-bond acceptors (Lipinski definition) is 14. The largest absolute Gasteiger partial charge is 0.455 e. The molecular weight excluding hydrogens is 1150 g/mol. The van der Waals surface area contributed by atoms with Gasteiger partial charge in [-0.15, -0.1) is 0 Å². The summed E-state index contributed by atoms with van der Waals surface area (Å²) in [5, 5.41) is 19.4. The second-order valence-electron chi connectivity index (χ2n) is 23.9. The van der Waals surface area contributed by atoms with Crippen LogP contribution in [0.15, 0.2) is 114 Å². The Kier molecular flexibility index (Phi) is 17.8. The summed E-state index contributed by atoms with van der Waals surface area (Å²) in [6, 6.07) is 24.8. The van der Waals surface area contributed by atoms with E-state index in [0.29, 0.717) is 79.4 Å². The number of piperazine rings is 1. The normalized spacial score (nSPS) is 18.9. The Morgan fingerprint density at radius 1 is 0.943 bits per heavy atom. The van der Waals surface area contributed by atoms with Crippen molar-refractivity contribution in [3.05, 3.63) is 152 Å². The van der Waals surface area contributed by atoms with E-state index in [0.717, 1.165) is 74.4 Å². The number of rotatable bonds is 18. The number of nitro groups is 1. The Balaban J connectivity index is 0.693. The predicted molar refractivity (Wildman–Crippen MR) is 331 cm³/mol. The molecule has 0 bridgehead atoms. The van der Waals surface area contributed by atoms with Gasteiger partial charge >= 0.3 is 0 Å². The second-order valence-corrected chi connectivity index (χ2v) is 26.0. The van der Waals surface area contributed by atoms with E-state index < -0.39 is 43.4 Å². The number of anilines is 2. The maximum Gasteiger partial charge on any atom is 0.293 e. The Hall–Kier alpha value is -8.58. The topological polar surface area (TPSA) is 250 Å². The van der Waals surface area contributed by atoms with Crippen molar-refractivity contribution in [1.29, 1.82) is 0 Å². The van der Waals surface area contributed by atoms with Gasteiger partial charge < -0.3 is 29.7 Å². The highest BCUT2D eigenvalue weighted by Gasteiger charge is 2.40. The molecule has 11 rings (SSSR count). The minimum atomic E-state index is -4.67. The molecule has 6 heterocycles. The summed E-state index contributed by atoms with van der Waals surface area (Å²) >= 11 is 6.27. The molecule has 2 unspecified atom stereocenters. The molecule has 0 spiro atoms. The van der Waals surface area contributed by atoms with Crippen molar-refractivity contribution in [2.24, 2.45) is 11.3 Å². The van der Waals surface area contributed by atoms with E-state index in [4.69, 9.17) is 16.3 Å². The van der Waals surface area contributed by atoms with Crippen molar-refractivity contribution < 1.29 is 42.1 Å². The first kappa shape index (κ1) is 60.1. The predicted octanol–water partition coefficient (Wildman–Crippen LogP) is 9.84. The lowest BCUT2D eigenvalue weighted by atomic mass is 9.72. The molecule has 5 amide bonds. The third-order valence-electron chi connectivity index (χ3n) is 17.2. The van der Waals surface area contributed by atoms with Gasteiger partial charge in [-0.3, -0.25) is 44.3 Å². The molecule has 5 aliphatic rings. The molecule has 1 aliphatic carbocycles. The fraction of sp³-hybridized carbons (Fsp3) is 0.385. The van der Waals surface area contributed by atoms with E-state index in [2.05, 4.69) is 72.9 Å². The monoisotopic (exact) mass is 1220 g/mol. The van der Waals surface area contributed by atoms with Crippen molar-refractivity contribution in [2.75, 3.05) is 62.6 Å². The molecule has 4 aliphatic heterocycles. The maximum atomic E-state index is 14.2. The quantitative estimate of drug-likeness (QED) is 0.0206. The summed E-state index contributed by atoms with van der Waals surface area (Å²) in [5.74, 6) is 4.65. The lowest BCUT2D eigenvalue weighted by molar-refractivity contribution is -0.384. The SMILES string of the molecule is CC1(C)CCC(CN2CCN(c3ccc(C(=O)NS(=O)(=O)c4ccc(NCC5CCCN(C(=O)CCCCC#Cc6cccc7c6CN(C6CCC(=O)NC6=O)C7=O)C5)c([N+](=O)[O-])c4)c(Oc4cnc5[nH]ccc5c4)c3)CC2)=C(c2ccc(Cl)cc2)C1. The standard InChI is InChI=1S/C65H69ClN10O10S/c1-65(2)26-24-46(53(36-65)44-14-16-47(66)17-15-44)40-72-29-31-73(32-30-72)48-18-20-52(58(34-48)86-49-33-45-25-27-67-61(45)69-38-49)62(79)71-87(84,85)50-19-21-55(57(35-50)76(82)83)68-37-42-9-8-28-74(39-42)60(78)13-6-4-3-5-10-43-11-7-12-51-54(43)41-75(64(51)81)56-22-23-59(77)70-63(56)80/h7,11-12,14-21,25,27,33-35,38,42,56,68H,3-4,6,8-9,13,22-24,26,28-32,36-37,39-41H2,1-2H3,(H,67,69)(H,71,79)(H,70,77,80). The minimum Gasteiger partial charge on any atom is -0.455 e. The minimum absolute atomic E-state index is 0.000425. The molecule has 22 heteroatoms. The van der Waals surface area contributed by atoms with Crippen molar-refractivity contribution in [3.63, 3.8) is 0 Å². The van der Waals surface area contributed by atoms with Gasteiger partial charge in [-0.2, -0.15) is 0 Å². The number of likely N-dealkylation sites (tertiary alicyclic amines) is 1. The van der Waals surface area contributed by atoms with Crippen LogP contribution in [0.1, 0.15) is 122 Å². The van der Waals surface area contributed by atoms with E-state index in [1.54, 1.807) is 36.5 Å². The third-order valence-corrected chi connectivity index (χ3v) is 18.8. The Morgan fingerprint density at radius 2 is 1.76 bits per heavy atom. The lowest BCUT2D eigenvalue weighted by Crippen LogP contribution is -2.52. The first-order valence-corrected chi connectivity index (χ1v) is 31.5. The molecule has 20 nitrogen and oxygen atoms in total. The van der Waals surface area contributed by atoms with Gasteiger partial charge in [0.05, 0.1) is 21.6 Å². The molecular formula is C65H69ClN10O10S. The average Bonchev–Trinajstić information content (AvgIpc) is 2.69. The van der Waals surface area contributed by atoms with Gasteiger partial charge in [-0.05, 0) is 140 Å². The number of allylic oxidation sites excluding steroid dienone is 1. The Bertz CT molecular complexity index is 3900. The van der Waals surface area contributed by atoms with Crippen LogP contribution >= 0.6 is 11.6 Å².